The van der Waals surface area contributed by atoms with Crippen LogP contribution in [0.3, 0.4) is 0 Å². The van der Waals surface area contributed by atoms with Crippen molar-refractivity contribution < 1.29 is 27.7 Å². The van der Waals surface area contributed by atoms with E-state index in [2.05, 4.69) is 6.92 Å². The summed E-state index contributed by atoms with van der Waals surface area (Å²) < 4.78 is 32.8. The van der Waals surface area contributed by atoms with E-state index in [0.29, 0.717) is 24.2 Å². The van der Waals surface area contributed by atoms with Gasteiger partial charge in [0, 0.05) is 20.0 Å². The van der Waals surface area contributed by atoms with E-state index in [1.54, 1.807) is 0 Å². The van der Waals surface area contributed by atoms with Crippen LogP contribution in [0.25, 0.3) is 0 Å². The minimum Gasteiger partial charge on any atom is -0.466 e. The highest BCUT2D eigenvalue weighted by atomic mass is 31.2. The molecule has 7 heteroatoms. The molecule has 0 saturated carbocycles. The number of carbonyl (C=O) groups is 1. The normalized spacial score (nSPS) is 19.4. The van der Waals surface area contributed by atoms with E-state index >= 15 is 0 Å². The van der Waals surface area contributed by atoms with Gasteiger partial charge < -0.3 is 9.26 Å². The topological polar surface area (TPSA) is 71.1 Å². The molecule has 1 unspecified atom stereocenters. The van der Waals surface area contributed by atoms with Gasteiger partial charge >= 0.3 is 13.8 Å². The van der Waals surface area contributed by atoms with Crippen LogP contribution in [0.1, 0.15) is 110 Å². The summed E-state index contributed by atoms with van der Waals surface area (Å²) in [5.74, 6) is -0.0630. The molecule has 6 nitrogen and oxygen atoms in total. The zero-order valence-electron chi connectivity index (χ0n) is 19.4. The number of esters is 1. The van der Waals surface area contributed by atoms with Crippen molar-refractivity contribution in [1.29, 1.82) is 0 Å². The van der Waals surface area contributed by atoms with Crippen LogP contribution in [0, 0.1) is 0 Å². The number of unbranched alkanes of at least 4 members (excludes halogenated alkanes) is 13. The standard InChI is InChI=1S/C23H43O6P/c1-4-5-6-7-8-9-10-11-12-13-14-15-16-17-18-22-21(23(24)26-2)19-20-28-30(25,27-3)29-22/h4-20H2,1-3H3. The molecule has 1 aliphatic heterocycles. The molecule has 0 bridgehead atoms. The first-order valence-corrected chi connectivity index (χ1v) is 13.3. The molecule has 0 saturated heterocycles. The Labute approximate surface area is 183 Å². The molecule has 1 heterocycles. The molecule has 0 amide bonds. The second kappa shape index (κ2) is 16.8. The van der Waals surface area contributed by atoms with E-state index in [9.17, 15) is 9.36 Å². The van der Waals surface area contributed by atoms with Gasteiger partial charge in [-0.15, -0.1) is 0 Å². The highest BCUT2D eigenvalue weighted by Gasteiger charge is 2.33. The molecule has 0 aliphatic carbocycles. The van der Waals surface area contributed by atoms with E-state index in [1.807, 2.05) is 0 Å². The highest BCUT2D eigenvalue weighted by molar-refractivity contribution is 7.48. The van der Waals surface area contributed by atoms with Gasteiger partial charge in [0.15, 0.2) is 0 Å². The number of ether oxygens (including phenoxy) is 1. The lowest BCUT2D eigenvalue weighted by Crippen LogP contribution is -2.09. The van der Waals surface area contributed by atoms with Crippen LogP contribution in [0.4, 0.5) is 0 Å². The molecule has 0 aromatic rings. The van der Waals surface area contributed by atoms with Gasteiger partial charge in [-0.05, 0) is 6.42 Å². The molecule has 1 aliphatic rings. The Kier molecular flexibility index (Phi) is 15.2. The Morgan fingerprint density at radius 3 is 1.83 bits per heavy atom. The summed E-state index contributed by atoms with van der Waals surface area (Å²) in [5, 5.41) is 0. The average molecular weight is 447 g/mol. The second-order valence-electron chi connectivity index (χ2n) is 8.04. The Balaban J connectivity index is 2.18. The lowest BCUT2D eigenvalue weighted by atomic mass is 10.0. The van der Waals surface area contributed by atoms with E-state index in [0.717, 1.165) is 19.3 Å². The van der Waals surface area contributed by atoms with Crippen LogP contribution in [0.5, 0.6) is 0 Å². The molecular weight excluding hydrogens is 403 g/mol. The van der Waals surface area contributed by atoms with Crippen molar-refractivity contribution in [3.63, 3.8) is 0 Å². The van der Waals surface area contributed by atoms with Crippen molar-refractivity contribution in [3.05, 3.63) is 11.3 Å². The van der Waals surface area contributed by atoms with Crippen molar-refractivity contribution in [2.24, 2.45) is 0 Å². The molecule has 1 rings (SSSR count). The predicted molar refractivity (Wildman–Crippen MR) is 120 cm³/mol. The summed E-state index contributed by atoms with van der Waals surface area (Å²) in [6, 6.07) is 0. The van der Waals surface area contributed by atoms with E-state index in [4.69, 9.17) is 18.3 Å². The summed E-state index contributed by atoms with van der Waals surface area (Å²) >= 11 is 0. The molecule has 0 N–H and O–H groups in total. The number of methoxy groups -OCH3 is 1. The van der Waals surface area contributed by atoms with Crippen molar-refractivity contribution in [2.45, 2.75) is 110 Å². The van der Waals surface area contributed by atoms with Gasteiger partial charge in [0.1, 0.15) is 5.76 Å². The molecule has 0 aromatic heterocycles. The Morgan fingerprint density at radius 2 is 1.37 bits per heavy atom. The molecule has 0 spiro atoms. The van der Waals surface area contributed by atoms with Crippen LogP contribution >= 0.6 is 7.82 Å². The fourth-order valence-corrected chi connectivity index (χ4v) is 4.74. The maximum Gasteiger partial charge on any atom is 0.529 e. The second-order valence-corrected chi connectivity index (χ2v) is 9.74. The Hall–Kier alpha value is -0.840. The first kappa shape index (κ1) is 27.2. The van der Waals surface area contributed by atoms with Gasteiger partial charge in [-0.25, -0.2) is 9.36 Å². The van der Waals surface area contributed by atoms with Gasteiger partial charge in [0.25, 0.3) is 0 Å². The molecule has 0 aromatic carbocycles. The van der Waals surface area contributed by atoms with Crippen LogP contribution in [0.15, 0.2) is 11.3 Å². The summed E-state index contributed by atoms with van der Waals surface area (Å²) in [6.45, 7) is 2.37. The Morgan fingerprint density at radius 1 is 0.867 bits per heavy atom. The number of hydrogen-bond donors (Lipinski definition) is 0. The van der Waals surface area contributed by atoms with Crippen LogP contribution < -0.4 is 0 Å². The zero-order valence-corrected chi connectivity index (χ0v) is 20.3. The molecule has 0 fully saturated rings. The fourth-order valence-electron chi connectivity index (χ4n) is 3.72. The average Bonchev–Trinajstić information content (AvgIpc) is 2.92. The minimum absolute atomic E-state index is 0.109. The number of phosphoric ester groups is 1. The smallest absolute Gasteiger partial charge is 0.466 e. The van der Waals surface area contributed by atoms with Gasteiger partial charge in [0.2, 0.25) is 0 Å². The van der Waals surface area contributed by atoms with E-state index < -0.39 is 13.8 Å². The molecule has 176 valence electrons. The quantitative estimate of drug-likeness (QED) is 0.131. The number of allylic oxidation sites excluding steroid dienone is 1. The summed E-state index contributed by atoms with van der Waals surface area (Å²) in [5.41, 5.74) is 0.405. The maximum absolute atomic E-state index is 12.4. The number of carbonyl (C=O) groups excluding carboxylic acids is 1. The molecular formula is C23H43O6P. The van der Waals surface area contributed by atoms with Gasteiger partial charge in [0.05, 0.1) is 19.3 Å². The van der Waals surface area contributed by atoms with Crippen LogP contribution in [0.2, 0.25) is 0 Å². The summed E-state index contributed by atoms with van der Waals surface area (Å²) in [4.78, 5) is 12.0. The van der Waals surface area contributed by atoms with Gasteiger partial charge in [-0.2, -0.15) is 0 Å². The van der Waals surface area contributed by atoms with Gasteiger partial charge in [-0.1, -0.05) is 90.4 Å². The molecule has 0 radical (unpaired) electrons. The fraction of sp³-hybridized carbons (Fsp3) is 0.870. The zero-order chi connectivity index (χ0) is 22.1. The largest absolute Gasteiger partial charge is 0.529 e. The van der Waals surface area contributed by atoms with Gasteiger partial charge in [-0.3, -0.25) is 9.05 Å². The number of hydrogen-bond acceptors (Lipinski definition) is 6. The Bertz CT molecular complexity index is 546. The van der Waals surface area contributed by atoms with E-state index in [1.165, 1.54) is 84.8 Å². The summed E-state index contributed by atoms with van der Waals surface area (Å²) in [7, 11) is -1.02. The van der Waals surface area contributed by atoms with Crippen molar-refractivity contribution in [3.8, 4) is 0 Å². The lowest BCUT2D eigenvalue weighted by Gasteiger charge is -2.16. The third kappa shape index (κ3) is 11.5. The lowest BCUT2D eigenvalue weighted by molar-refractivity contribution is -0.136. The highest BCUT2D eigenvalue weighted by Crippen LogP contribution is 2.53. The minimum atomic E-state index is -3.64. The van der Waals surface area contributed by atoms with E-state index in [-0.39, 0.29) is 6.61 Å². The number of phosphoric acid groups is 1. The molecule has 1 atom stereocenters. The van der Waals surface area contributed by atoms with Crippen LogP contribution in [-0.2, 0) is 27.7 Å². The van der Waals surface area contributed by atoms with Crippen LogP contribution in [-0.4, -0.2) is 26.8 Å². The first-order chi connectivity index (χ1) is 14.6. The summed E-state index contributed by atoms with van der Waals surface area (Å²) in [6.07, 6.45) is 18.8. The third-order valence-electron chi connectivity index (χ3n) is 5.57. The predicted octanol–water partition coefficient (Wildman–Crippen LogP) is 7.48. The van der Waals surface area contributed by atoms with Crippen molar-refractivity contribution >= 4 is 13.8 Å². The SMILES string of the molecule is CCCCCCCCCCCCCCCCC1=C(C(=O)OC)CCOP(=O)(OC)O1. The number of rotatable bonds is 17. The van der Waals surface area contributed by atoms with Crippen molar-refractivity contribution in [1.82, 2.24) is 0 Å². The monoisotopic (exact) mass is 446 g/mol. The first-order valence-electron chi connectivity index (χ1n) is 11.9. The van der Waals surface area contributed by atoms with Crippen molar-refractivity contribution in [2.75, 3.05) is 20.8 Å². The third-order valence-corrected chi connectivity index (χ3v) is 6.96. The maximum atomic E-state index is 12.4. The molecule has 30 heavy (non-hydrogen) atoms.